The van der Waals surface area contributed by atoms with Crippen LogP contribution in [0.25, 0.3) is 5.65 Å². The minimum atomic E-state index is -0.289. The summed E-state index contributed by atoms with van der Waals surface area (Å²) in [5.74, 6) is -0.311. The molecule has 0 radical (unpaired) electrons. The fourth-order valence-electron chi connectivity index (χ4n) is 2.06. The lowest BCUT2D eigenvalue weighted by Crippen LogP contribution is -2.11. The van der Waals surface area contributed by atoms with Gasteiger partial charge in [0.1, 0.15) is 11.3 Å². The maximum Gasteiger partial charge on any atom is 0.275 e. The molecular formula is C16H12BrN3O2. The number of pyridine rings is 1. The number of carbonyl (C=O) groups excluding carboxylic acids is 2. The maximum absolute atomic E-state index is 12.2. The molecule has 0 aliphatic carbocycles. The number of imidazole rings is 1. The molecule has 0 aliphatic heterocycles. The molecule has 0 spiro atoms. The minimum Gasteiger partial charge on any atom is -0.321 e. The Morgan fingerprint density at radius 3 is 2.59 bits per heavy atom. The number of rotatable bonds is 4. The zero-order valence-corrected chi connectivity index (χ0v) is 13.1. The summed E-state index contributed by atoms with van der Waals surface area (Å²) in [5, 5.41) is 3.04. The summed E-state index contributed by atoms with van der Waals surface area (Å²) < 4.78 is 1.68. The van der Waals surface area contributed by atoms with Crippen LogP contribution < -0.4 is 5.32 Å². The van der Waals surface area contributed by atoms with Crippen LogP contribution in [-0.2, 0) is 0 Å². The predicted octanol–water partition coefficient (Wildman–Crippen LogP) is 3.16. The Labute approximate surface area is 135 Å². The van der Waals surface area contributed by atoms with Crippen LogP contribution in [0.2, 0.25) is 0 Å². The third-order valence-electron chi connectivity index (χ3n) is 3.16. The monoisotopic (exact) mass is 357 g/mol. The highest BCUT2D eigenvalue weighted by molar-refractivity contribution is 9.09. The lowest BCUT2D eigenvalue weighted by molar-refractivity contribution is 0.101. The van der Waals surface area contributed by atoms with E-state index in [4.69, 9.17) is 0 Å². The van der Waals surface area contributed by atoms with Crippen molar-refractivity contribution in [1.82, 2.24) is 9.38 Å². The van der Waals surface area contributed by atoms with E-state index in [0.717, 1.165) is 0 Å². The maximum atomic E-state index is 12.2. The quantitative estimate of drug-likeness (QED) is 0.576. The molecule has 3 rings (SSSR count). The molecule has 2 aromatic heterocycles. The standard InChI is InChI=1S/C16H12BrN3O2/c17-8-14(21)11-6-7-15-19-13(10-20(15)9-11)16(22)18-12-4-2-1-3-5-12/h1-7,9-10H,8H2,(H,18,22). The molecule has 0 saturated heterocycles. The van der Waals surface area contributed by atoms with E-state index in [0.29, 0.717) is 22.6 Å². The lowest BCUT2D eigenvalue weighted by atomic mass is 10.2. The van der Waals surface area contributed by atoms with Crippen molar-refractivity contribution >= 4 is 39.0 Å². The molecule has 0 atom stereocenters. The van der Waals surface area contributed by atoms with Crippen LogP contribution in [0.1, 0.15) is 20.8 Å². The van der Waals surface area contributed by atoms with Crippen molar-refractivity contribution in [3.63, 3.8) is 0 Å². The number of nitrogens with one attached hydrogen (secondary N) is 1. The number of Topliss-reactive ketones (excluding diaryl/α,β-unsaturated/α-hetero) is 1. The van der Waals surface area contributed by atoms with E-state index in [1.165, 1.54) is 0 Å². The van der Waals surface area contributed by atoms with Crippen molar-refractivity contribution in [2.75, 3.05) is 10.6 Å². The first-order chi connectivity index (χ1) is 10.7. The van der Waals surface area contributed by atoms with E-state index >= 15 is 0 Å². The Balaban J connectivity index is 1.88. The largest absolute Gasteiger partial charge is 0.321 e. The first-order valence-electron chi connectivity index (χ1n) is 6.61. The molecule has 22 heavy (non-hydrogen) atoms. The molecule has 0 saturated carbocycles. The number of alkyl halides is 1. The summed E-state index contributed by atoms with van der Waals surface area (Å²) in [6.07, 6.45) is 3.28. The van der Waals surface area contributed by atoms with Gasteiger partial charge in [0.25, 0.3) is 5.91 Å². The molecule has 110 valence electrons. The van der Waals surface area contributed by atoms with Crippen molar-refractivity contribution in [2.45, 2.75) is 0 Å². The highest BCUT2D eigenvalue weighted by Gasteiger charge is 2.12. The van der Waals surface area contributed by atoms with Gasteiger partial charge >= 0.3 is 0 Å². The Bertz CT molecular complexity index is 843. The number of hydrogen-bond donors (Lipinski definition) is 1. The summed E-state index contributed by atoms with van der Waals surface area (Å²) in [5.41, 5.74) is 2.19. The fraction of sp³-hybridized carbons (Fsp3) is 0.0625. The third kappa shape index (κ3) is 2.92. The number of carbonyl (C=O) groups is 2. The Morgan fingerprint density at radius 2 is 1.86 bits per heavy atom. The number of benzene rings is 1. The van der Waals surface area contributed by atoms with E-state index in [1.807, 2.05) is 18.2 Å². The number of hydrogen-bond acceptors (Lipinski definition) is 3. The van der Waals surface area contributed by atoms with Gasteiger partial charge in [-0.2, -0.15) is 0 Å². The van der Waals surface area contributed by atoms with Crippen molar-refractivity contribution in [1.29, 1.82) is 0 Å². The number of ketones is 1. The van der Waals surface area contributed by atoms with Gasteiger partial charge in [-0.15, -0.1) is 0 Å². The van der Waals surface area contributed by atoms with Gasteiger partial charge in [-0.1, -0.05) is 34.1 Å². The smallest absolute Gasteiger partial charge is 0.275 e. The van der Waals surface area contributed by atoms with Gasteiger partial charge < -0.3 is 9.72 Å². The number of nitrogens with zero attached hydrogens (tertiary/aromatic N) is 2. The summed E-state index contributed by atoms with van der Waals surface area (Å²) >= 11 is 3.14. The highest BCUT2D eigenvalue weighted by atomic mass is 79.9. The molecular weight excluding hydrogens is 346 g/mol. The van der Waals surface area contributed by atoms with E-state index in [2.05, 4.69) is 26.2 Å². The molecule has 6 heteroatoms. The van der Waals surface area contributed by atoms with Gasteiger partial charge in [-0.05, 0) is 24.3 Å². The van der Waals surface area contributed by atoms with E-state index in [1.54, 1.807) is 41.1 Å². The van der Waals surface area contributed by atoms with Crippen molar-refractivity contribution in [3.05, 3.63) is 66.1 Å². The average molecular weight is 358 g/mol. The molecule has 5 nitrogen and oxygen atoms in total. The second kappa shape index (κ2) is 6.11. The van der Waals surface area contributed by atoms with Crippen LogP contribution in [0, 0.1) is 0 Å². The van der Waals surface area contributed by atoms with Crippen molar-refractivity contribution in [2.24, 2.45) is 0 Å². The topological polar surface area (TPSA) is 63.5 Å². The van der Waals surface area contributed by atoms with Crippen LogP contribution in [0.4, 0.5) is 5.69 Å². The second-order valence-electron chi connectivity index (χ2n) is 4.69. The van der Waals surface area contributed by atoms with Crippen molar-refractivity contribution in [3.8, 4) is 0 Å². The van der Waals surface area contributed by atoms with Crippen LogP contribution in [0.3, 0.4) is 0 Å². The molecule has 0 fully saturated rings. The number of para-hydroxylation sites is 1. The van der Waals surface area contributed by atoms with E-state index in [-0.39, 0.29) is 17.0 Å². The Hall–Kier alpha value is -2.47. The highest BCUT2D eigenvalue weighted by Crippen LogP contribution is 2.12. The van der Waals surface area contributed by atoms with Crippen molar-refractivity contribution < 1.29 is 9.59 Å². The van der Waals surface area contributed by atoms with Gasteiger partial charge in [-0.3, -0.25) is 9.59 Å². The third-order valence-corrected chi connectivity index (χ3v) is 3.67. The molecule has 1 N–H and O–H groups in total. The molecule has 0 aliphatic rings. The zero-order chi connectivity index (χ0) is 15.5. The van der Waals surface area contributed by atoms with E-state index < -0.39 is 0 Å². The zero-order valence-electron chi connectivity index (χ0n) is 11.5. The van der Waals surface area contributed by atoms with Crippen LogP contribution >= 0.6 is 15.9 Å². The number of fused-ring (bicyclic) bond motifs is 1. The average Bonchev–Trinajstić information content (AvgIpc) is 2.98. The predicted molar refractivity (Wildman–Crippen MR) is 87.7 cm³/mol. The molecule has 2 heterocycles. The molecule has 0 bridgehead atoms. The molecule has 1 aromatic carbocycles. The van der Waals surface area contributed by atoms with Crippen LogP contribution in [-0.4, -0.2) is 26.4 Å². The van der Waals surface area contributed by atoms with Gasteiger partial charge in [-0.25, -0.2) is 4.98 Å². The van der Waals surface area contributed by atoms with Crippen LogP contribution in [0.15, 0.2) is 54.9 Å². The minimum absolute atomic E-state index is 0.0223. The molecule has 0 unspecified atom stereocenters. The van der Waals surface area contributed by atoms with Gasteiger partial charge in [0, 0.05) is 23.6 Å². The number of anilines is 1. The first kappa shape index (κ1) is 14.5. The molecule has 3 aromatic rings. The molecule has 1 amide bonds. The van der Waals surface area contributed by atoms with Crippen LogP contribution in [0.5, 0.6) is 0 Å². The first-order valence-corrected chi connectivity index (χ1v) is 7.74. The normalized spacial score (nSPS) is 10.6. The fourth-order valence-corrected chi connectivity index (χ4v) is 2.38. The van der Waals surface area contributed by atoms with Gasteiger partial charge in [0.05, 0.1) is 5.33 Å². The number of aromatic nitrogens is 2. The summed E-state index contributed by atoms with van der Waals surface area (Å²) in [6.45, 7) is 0. The summed E-state index contributed by atoms with van der Waals surface area (Å²) in [4.78, 5) is 28.1. The SMILES string of the molecule is O=C(CBr)c1ccc2nc(C(=O)Nc3ccccc3)cn2c1. The number of halogens is 1. The van der Waals surface area contributed by atoms with Gasteiger partial charge in [0.15, 0.2) is 5.78 Å². The van der Waals surface area contributed by atoms with E-state index in [9.17, 15) is 9.59 Å². The number of amides is 1. The Kier molecular flexibility index (Phi) is 4.02. The summed E-state index contributed by atoms with van der Waals surface area (Å²) in [7, 11) is 0. The summed E-state index contributed by atoms with van der Waals surface area (Å²) in [6, 6.07) is 12.6. The second-order valence-corrected chi connectivity index (χ2v) is 5.25. The lowest BCUT2D eigenvalue weighted by Gasteiger charge is -2.01. The van der Waals surface area contributed by atoms with Gasteiger partial charge in [0.2, 0.25) is 0 Å². The Morgan fingerprint density at radius 1 is 1.09 bits per heavy atom.